The monoisotopic (exact) mass is 2000 g/mol. The van der Waals surface area contributed by atoms with Gasteiger partial charge in [0.15, 0.2) is 0 Å². The number of benzene rings is 6. The number of carbonyl (C=O) groups excluding carboxylic acids is 6. The predicted molar refractivity (Wildman–Crippen MR) is 559 cm³/mol. The average molecular weight is 2000 g/mol. The maximum Gasteiger partial charge on any atom is 0.253 e. The molecule has 4 bridgehead atoms. The van der Waals surface area contributed by atoms with Crippen LogP contribution in [0.15, 0.2) is 268 Å². The van der Waals surface area contributed by atoms with Crippen molar-refractivity contribution in [2.24, 2.45) is 46.8 Å². The van der Waals surface area contributed by atoms with Crippen LogP contribution in [0.4, 0.5) is 13.2 Å². The first kappa shape index (κ1) is 107. The molecule has 770 valence electrons. The van der Waals surface area contributed by atoms with E-state index in [1.54, 1.807) is 122 Å². The van der Waals surface area contributed by atoms with Crippen LogP contribution in [0.2, 0.25) is 0 Å². The van der Waals surface area contributed by atoms with E-state index in [1.807, 2.05) is 111 Å². The van der Waals surface area contributed by atoms with Gasteiger partial charge in [0.1, 0.15) is 57.1 Å². The quantitative estimate of drug-likeness (QED) is 0.0218. The third-order valence-electron chi connectivity index (χ3n) is 28.6. The molecule has 6 aromatic heterocycles. The van der Waals surface area contributed by atoms with E-state index >= 15 is 0 Å². The summed E-state index contributed by atoms with van der Waals surface area (Å²) in [5.74, 6) is 6.56. The summed E-state index contributed by atoms with van der Waals surface area (Å²) in [7, 11) is 0. The van der Waals surface area contributed by atoms with Crippen LogP contribution in [0.1, 0.15) is 277 Å². The number of aromatic nitrogens is 6. The molecule has 0 saturated heterocycles. The van der Waals surface area contributed by atoms with Crippen molar-refractivity contribution >= 4 is 35.4 Å². The minimum Gasteiger partial charge on any atom is -0.473 e. The lowest BCUT2D eigenvalue weighted by molar-refractivity contribution is -0.0167. The molecule has 6 aromatic carbocycles. The van der Waals surface area contributed by atoms with Crippen LogP contribution in [0.5, 0.6) is 35.3 Å². The number of carbonyl (C=O) groups is 6. The van der Waals surface area contributed by atoms with E-state index in [1.165, 1.54) is 158 Å². The van der Waals surface area contributed by atoms with E-state index in [-0.39, 0.29) is 95.8 Å². The third kappa shape index (κ3) is 34.1. The number of nitrogens with one attached hydrogen (secondary N) is 6. The third-order valence-corrected chi connectivity index (χ3v) is 28.6. The number of rotatable bonds is 34. The highest BCUT2D eigenvalue weighted by Gasteiger charge is 2.52. The molecule has 0 radical (unpaired) electrons. The molecule has 0 aliphatic heterocycles. The molecule has 6 heterocycles. The van der Waals surface area contributed by atoms with Crippen molar-refractivity contribution in [3.8, 4) is 35.3 Å². The molecule has 9 aliphatic carbocycles. The zero-order valence-corrected chi connectivity index (χ0v) is 85.0. The van der Waals surface area contributed by atoms with Crippen molar-refractivity contribution in [3.63, 3.8) is 0 Å². The molecular formula is C120H137F3N12O12. The van der Waals surface area contributed by atoms with Gasteiger partial charge in [-0.05, 0) is 276 Å². The van der Waals surface area contributed by atoms with Crippen LogP contribution in [0.3, 0.4) is 0 Å². The highest BCUT2D eigenvalue weighted by atomic mass is 19.1. The van der Waals surface area contributed by atoms with Gasteiger partial charge in [0.25, 0.3) is 35.4 Å². The van der Waals surface area contributed by atoms with Crippen LogP contribution in [0.25, 0.3) is 0 Å². The van der Waals surface area contributed by atoms with Gasteiger partial charge in [0.05, 0.1) is 33.4 Å². The summed E-state index contributed by atoms with van der Waals surface area (Å²) in [4.78, 5) is 99.4. The van der Waals surface area contributed by atoms with E-state index in [0.717, 1.165) is 95.3 Å². The van der Waals surface area contributed by atoms with E-state index in [0.29, 0.717) is 124 Å². The van der Waals surface area contributed by atoms with Crippen molar-refractivity contribution < 1.29 is 70.4 Å². The van der Waals surface area contributed by atoms with Crippen molar-refractivity contribution in [1.29, 1.82) is 0 Å². The molecule has 9 saturated carbocycles. The lowest BCUT2D eigenvalue weighted by atomic mass is 9.53. The van der Waals surface area contributed by atoms with E-state index in [9.17, 15) is 41.9 Å². The normalized spacial score (nSPS) is 17.8. The van der Waals surface area contributed by atoms with Gasteiger partial charge in [0, 0.05) is 110 Å². The molecule has 6 amide bonds. The summed E-state index contributed by atoms with van der Waals surface area (Å²) in [6.45, 7) is 15.0. The minimum absolute atomic E-state index is 0.0130. The van der Waals surface area contributed by atoms with Gasteiger partial charge in [-0.15, -0.1) is 0 Å². The van der Waals surface area contributed by atoms with E-state index < -0.39 is 0 Å². The molecule has 9 fully saturated rings. The molecule has 6 N–H and O–H groups in total. The van der Waals surface area contributed by atoms with Crippen molar-refractivity contribution in [2.75, 3.05) is 6.54 Å². The first-order valence-corrected chi connectivity index (χ1v) is 52.0. The maximum atomic E-state index is 13.2. The first-order valence-electron chi connectivity index (χ1n) is 52.0. The fourth-order valence-corrected chi connectivity index (χ4v) is 19.6. The fourth-order valence-electron chi connectivity index (χ4n) is 19.6. The topological polar surface area (TPSA) is 307 Å². The summed E-state index contributed by atoms with van der Waals surface area (Å²) in [6, 6.07) is 68.5. The number of pyridine rings is 6. The van der Waals surface area contributed by atoms with Crippen molar-refractivity contribution in [3.05, 3.63) is 357 Å². The molecule has 9 aliphatic rings. The van der Waals surface area contributed by atoms with Gasteiger partial charge in [-0.3, -0.25) is 28.8 Å². The number of aryl methyl sites for hydroxylation is 1. The molecule has 24 nitrogen and oxygen atoms in total. The summed E-state index contributed by atoms with van der Waals surface area (Å²) in [6.07, 6.45) is 36.4. The molecule has 0 spiro atoms. The van der Waals surface area contributed by atoms with Gasteiger partial charge in [-0.1, -0.05) is 187 Å². The van der Waals surface area contributed by atoms with E-state index in [4.69, 9.17) is 28.4 Å². The predicted octanol–water partition coefficient (Wildman–Crippen LogP) is 23.4. The number of hydrogen-bond acceptors (Lipinski definition) is 18. The molecule has 147 heavy (non-hydrogen) atoms. The Bertz CT molecular complexity index is 6160. The van der Waals surface area contributed by atoms with Gasteiger partial charge in [-0.25, -0.2) is 43.1 Å². The number of amides is 6. The van der Waals surface area contributed by atoms with Crippen LogP contribution in [-0.2, 0) is 39.6 Å². The zero-order chi connectivity index (χ0) is 103. The Kier molecular flexibility index (Phi) is 38.6. The smallest absolute Gasteiger partial charge is 0.253 e. The summed E-state index contributed by atoms with van der Waals surface area (Å²) >= 11 is 0. The van der Waals surface area contributed by atoms with Crippen LogP contribution in [0, 0.1) is 71.2 Å². The SMILES string of the molecule is C[C@@H](NC(=O)c1ccc(OCc2cccc(F)c2)nc1)C(C)(C)C.Cc1cc(OCc2cccc(F)c2)ncc1C(=O)N[C@H](C)C1CCCCC1.O=C(NC(C1CC1)C1CC1)c1ccc(OCc2cccc(F)c2)nc1.O=C(NC12CC3CC(CC(C3)C1)C2)c1ccc(OCc2ccccc2)nc1.O=C(NC1CCCC1)c1ccc(OCc2ccccc2)nc1.O=C(NCC1CCC1)c1ccc(OCc2ccccc2)nc1. The van der Waals surface area contributed by atoms with Crippen LogP contribution < -0.4 is 60.3 Å². The summed E-state index contributed by atoms with van der Waals surface area (Å²) in [5.41, 5.74) is 9.67. The minimum atomic E-state index is -0.302. The number of halogens is 3. The standard InChI is InChI=1S/C23H26N2O2.C22H27FN2O2.C20H21FN2O2.C19H23FN2O2.2C18H20N2O2/c26-22(25-23-11-17-8-18(12-23)10-19(9-17)13-23)20-6-7-21(24-14-20)27-15-16-4-2-1-3-5-16;1-15-11-21(27-14-17-7-6-10-19(23)12-17)24-13-20(15)22(26)25-16(2)18-8-4-3-5-9-18;21-17-3-1-2-13(10-17)12-25-18-9-8-16(11-22-18)20(24)23-19(14-4-5-14)15-6-7-15;1-13(19(2,3)4)22-18(23)15-8-9-17(21-11-15)24-12-14-6-5-7-16(20)10-14;21-18(20-16-8-4-5-9-16)15-10-11-17(19-12-15)22-13-14-6-2-1-3-7-14;21-18(20-11-14-7-4-8-14)16-9-10-17(19-12-16)22-13-15-5-2-1-3-6-15/h1-7,14,17-19H,8-13,15H2,(H,25,26);6-7,10-13,16,18H,3-5,8-9,14H2,1-2H3,(H,25,26);1-3,8-11,14-15,19H,4-7,12H2,(H,23,24);5-11,13H,12H2,1-4H3,(H,22,23);1-3,6-7,10-12,16H,4-5,8-9,13H2,(H,20,21);1-3,5-6,9-10,12,14H,4,7-8,11,13H2,(H,20,21)/t;16-;;13-;;/m.1.1../s1. The van der Waals surface area contributed by atoms with Crippen LogP contribution >= 0.6 is 0 Å². The van der Waals surface area contributed by atoms with Gasteiger partial charge < -0.3 is 60.3 Å². The molecule has 2 atom stereocenters. The first-order chi connectivity index (χ1) is 71.3. The fraction of sp³-hybridized carbons (Fsp3) is 0.400. The Hall–Kier alpha value is -14.4. The lowest BCUT2D eigenvalue weighted by Gasteiger charge is -2.56. The van der Waals surface area contributed by atoms with Gasteiger partial charge in [0.2, 0.25) is 35.3 Å². The highest BCUT2D eigenvalue weighted by Crippen LogP contribution is 2.56. The maximum absolute atomic E-state index is 13.2. The number of nitrogens with zero attached hydrogens (tertiary/aromatic N) is 6. The highest BCUT2D eigenvalue weighted by molar-refractivity contribution is 5.97. The largest absolute Gasteiger partial charge is 0.473 e. The van der Waals surface area contributed by atoms with Crippen molar-refractivity contribution in [2.45, 2.75) is 252 Å². The Labute approximate surface area is 861 Å². The Morgan fingerprint density at radius 2 is 0.714 bits per heavy atom. The Balaban J connectivity index is 0.000000132. The molecule has 0 unspecified atom stereocenters. The van der Waals surface area contributed by atoms with Gasteiger partial charge >= 0.3 is 0 Å². The molecule has 27 heteroatoms. The Morgan fingerprint density at radius 3 is 1.08 bits per heavy atom. The Morgan fingerprint density at radius 1 is 0.354 bits per heavy atom. The molecule has 21 rings (SSSR count). The second-order valence-corrected chi connectivity index (χ2v) is 41.4. The van der Waals surface area contributed by atoms with Crippen molar-refractivity contribution in [1.82, 2.24) is 61.8 Å². The molecule has 12 aromatic rings. The number of ether oxygens (including phenoxy) is 6. The van der Waals surface area contributed by atoms with Gasteiger partial charge in [-0.2, -0.15) is 0 Å². The summed E-state index contributed by atoms with van der Waals surface area (Å²) < 4.78 is 73.1. The zero-order valence-electron chi connectivity index (χ0n) is 85.0. The second-order valence-electron chi connectivity index (χ2n) is 41.4. The average Bonchev–Trinajstić information content (AvgIpc) is 1.62. The lowest BCUT2D eigenvalue weighted by Crippen LogP contribution is -2.59. The van der Waals surface area contributed by atoms with E-state index in [2.05, 4.69) is 89.5 Å². The second kappa shape index (κ2) is 53.1. The summed E-state index contributed by atoms with van der Waals surface area (Å²) in [5, 5.41) is 18.7. The molecular weight excluding hydrogens is 1860 g/mol. The number of hydrogen-bond donors (Lipinski definition) is 6. The van der Waals surface area contributed by atoms with Crippen LogP contribution in [-0.4, -0.2) is 102 Å².